The van der Waals surface area contributed by atoms with E-state index in [9.17, 15) is 39.5 Å². The average molecular weight is 1560 g/mol. The summed E-state index contributed by atoms with van der Waals surface area (Å²) < 4.78 is 177. The summed E-state index contributed by atoms with van der Waals surface area (Å²) in [6, 6.07) is 97.0. The minimum absolute atomic E-state index is 0. The van der Waals surface area contributed by atoms with Crippen molar-refractivity contribution in [3.8, 4) is 0 Å². The molecule has 9 nitrogen and oxygen atoms in total. The summed E-state index contributed by atoms with van der Waals surface area (Å²) in [6.07, 6.45) is 0. The molecule has 0 aliphatic heterocycles. The third kappa shape index (κ3) is 26.7. The zero-order valence-corrected chi connectivity index (χ0v) is 52.1. The van der Waals surface area contributed by atoms with Gasteiger partial charge in [0.25, 0.3) is 0 Å². The average Bonchev–Trinajstić information content (AvgIpc) is 3.58. The fourth-order valence-electron chi connectivity index (χ4n) is 6.54. The number of benzene rings is 9. The third-order valence-electron chi connectivity index (χ3n) is 9.98. The molecule has 456 valence electrons. The van der Waals surface area contributed by atoms with Crippen LogP contribution in [0, 0.1) is 0 Å². The van der Waals surface area contributed by atoms with Crippen LogP contribution in [0.2, 0.25) is 0 Å². The maximum absolute atomic E-state index is 10.7. The molecule has 9 rings (SSSR count). The first-order valence-electron chi connectivity index (χ1n) is 23.0. The molecule has 0 radical (unpaired) electrons. The Bertz CT molecular complexity index is 2920. The summed E-state index contributed by atoms with van der Waals surface area (Å²) in [5.41, 5.74) is -16.9. The summed E-state index contributed by atoms with van der Waals surface area (Å²) >= 11 is 0. The molecule has 0 aliphatic rings. The summed E-state index contributed by atoms with van der Waals surface area (Å²) in [7, 11) is -19.6. The maximum atomic E-state index is 10.7. The Labute approximate surface area is 532 Å². The van der Waals surface area contributed by atoms with E-state index >= 15 is 0 Å². The Morgan fingerprint density at radius 2 is 0.286 bits per heavy atom. The first kappa shape index (κ1) is 77.6. The van der Waals surface area contributed by atoms with Crippen molar-refractivity contribution in [1.29, 1.82) is 0 Å². The zero-order chi connectivity index (χ0) is 59.7. The van der Waals surface area contributed by atoms with Crippen molar-refractivity contribution in [2.24, 2.45) is 0 Å². The summed E-state index contributed by atoms with van der Waals surface area (Å²) in [5.74, 6) is 0. The molecule has 0 spiro atoms. The van der Waals surface area contributed by atoms with E-state index in [2.05, 4.69) is 273 Å². The summed E-state index contributed by atoms with van der Waals surface area (Å²) in [6.45, 7) is 0. The molecule has 84 heavy (non-hydrogen) atoms. The number of halogens is 9. The minimum Gasteiger partial charge on any atom is -0.741 e. The molecule has 0 fully saturated rings. The Morgan fingerprint density at radius 3 is 0.345 bits per heavy atom. The van der Waals surface area contributed by atoms with Gasteiger partial charge in [0.05, 0.1) is 0 Å². The van der Waals surface area contributed by atoms with Gasteiger partial charge in [0.1, 0.15) is 0 Å². The third-order valence-corrected chi connectivity index (χ3v) is 19.0. The van der Waals surface area contributed by atoms with Gasteiger partial charge in [0, 0.05) is 0 Å². The minimum atomic E-state index is -6.09. The molecule has 27 heteroatoms. The normalized spacial score (nSPS) is 11.2. The molecule has 0 N–H and O–H groups in total. The van der Waals surface area contributed by atoms with Gasteiger partial charge in [-0.05, 0) is 71.5 Å². The number of hydrogen-bond donors (Lipinski definition) is 0. The predicted octanol–water partition coefficient (Wildman–Crippen LogP) is 10.5. The fraction of sp³-hybridized carbons (Fsp3) is 0.0526. The van der Waals surface area contributed by atoms with Crippen molar-refractivity contribution in [3.63, 3.8) is 0 Å². The quantitative estimate of drug-likeness (QED) is 0.0448. The molecule has 0 heterocycles. The molecule has 0 aromatic heterocycles. The van der Waals surface area contributed by atoms with Crippen molar-refractivity contribution < 1.29 is 146 Å². The van der Waals surface area contributed by atoms with Gasteiger partial charge in [0.15, 0.2) is 30.4 Å². The van der Waals surface area contributed by atoms with E-state index in [4.69, 9.17) is 38.9 Å². The van der Waals surface area contributed by atoms with Crippen molar-refractivity contribution in [1.82, 2.24) is 0 Å². The predicted molar refractivity (Wildman–Crippen MR) is 303 cm³/mol. The van der Waals surface area contributed by atoms with E-state index in [0.717, 1.165) is 0 Å². The molecule has 0 aliphatic carbocycles. The molecule has 0 bridgehead atoms. The van der Waals surface area contributed by atoms with E-state index in [1.807, 2.05) is 0 Å². The number of rotatable bonds is 9. The van der Waals surface area contributed by atoms with E-state index in [-0.39, 0.29) is 67.1 Å². The van der Waals surface area contributed by atoms with Crippen LogP contribution in [0.1, 0.15) is 0 Å². The van der Waals surface area contributed by atoms with Crippen LogP contribution >= 0.6 is 23.8 Å². The van der Waals surface area contributed by atoms with Crippen molar-refractivity contribution in [2.45, 2.75) is 16.5 Å². The molecule has 9 aromatic carbocycles. The summed E-state index contributed by atoms with van der Waals surface area (Å²) in [5, 5.41) is 12.6. The van der Waals surface area contributed by atoms with Gasteiger partial charge < -0.3 is 13.7 Å². The Hall–Kier alpha value is -4.41. The Balaban J connectivity index is 0.000000523. The van der Waals surface area contributed by atoms with Crippen LogP contribution in [0.4, 0.5) is 39.5 Å². The second kappa shape index (κ2) is 37.3. The van der Waals surface area contributed by atoms with Crippen molar-refractivity contribution in [3.05, 3.63) is 273 Å². The number of hydrogen-bond acceptors (Lipinski definition) is 9. The molecule has 0 atom stereocenters. The maximum Gasteiger partial charge on any atom is 1.00 e. The van der Waals surface area contributed by atoms with Crippen LogP contribution in [0.25, 0.3) is 0 Å². The van der Waals surface area contributed by atoms with E-state index < -0.39 is 70.6 Å². The van der Waals surface area contributed by atoms with E-state index in [0.29, 0.717) is 0 Å². The topological polar surface area (TPSA) is 172 Å². The summed E-state index contributed by atoms with van der Waals surface area (Å²) in [4.78, 5) is 0. The largest absolute Gasteiger partial charge is 1.00 e. The molecule has 0 saturated heterocycles. The second-order valence-corrected chi connectivity index (χ2v) is 26.5. The molecule has 0 unspecified atom stereocenters. The van der Waals surface area contributed by atoms with Gasteiger partial charge in [-0.3, -0.25) is 0 Å². The number of alkyl halides is 9. The molecular formula is C57H45Ag3F9O9P3S3. The van der Waals surface area contributed by atoms with Gasteiger partial charge in [-0.15, -0.1) is 0 Å². The molecular weight excluding hydrogens is 1510 g/mol. The van der Waals surface area contributed by atoms with Crippen molar-refractivity contribution >= 4 is 102 Å². The SMILES string of the molecule is O=S(=O)([O-])C(F)(F)F.O=S(=O)([O-])C(F)(F)F.O=S(=O)([O-])C(F)(F)F.[Ag+].[Ag+].[Ag+].c1ccc(P(c2ccccc2)c2ccccc2)cc1.c1ccc(P(c2ccccc2)c2ccccc2)cc1.c1ccc(P(c2ccccc2)c2ccccc2)cc1. The second-order valence-electron chi connectivity index (χ2n) is 15.7. The van der Waals surface area contributed by atoms with Crippen LogP contribution in [-0.2, 0) is 97.5 Å². The van der Waals surface area contributed by atoms with Crippen LogP contribution in [-0.4, -0.2) is 55.4 Å². The monoisotopic (exact) mass is 1550 g/mol. The molecule has 0 saturated carbocycles. The van der Waals surface area contributed by atoms with Crippen LogP contribution in [0.3, 0.4) is 0 Å². The zero-order valence-electron chi connectivity index (χ0n) is 42.5. The van der Waals surface area contributed by atoms with E-state index in [1.165, 1.54) is 47.7 Å². The fourth-order valence-corrected chi connectivity index (χ4v) is 13.5. The van der Waals surface area contributed by atoms with Crippen molar-refractivity contribution in [2.75, 3.05) is 0 Å². The van der Waals surface area contributed by atoms with Crippen LogP contribution in [0.5, 0.6) is 0 Å². The molecule has 0 amide bonds. The smallest absolute Gasteiger partial charge is 0.741 e. The first-order valence-corrected chi connectivity index (χ1v) is 31.3. The van der Waals surface area contributed by atoms with Crippen LogP contribution < -0.4 is 47.7 Å². The van der Waals surface area contributed by atoms with Gasteiger partial charge in [0.2, 0.25) is 0 Å². The Kier molecular flexibility index (Phi) is 34.5. The van der Waals surface area contributed by atoms with Gasteiger partial charge in [-0.2, -0.15) is 39.5 Å². The standard InChI is InChI=1S/3C18H15P.3CHF3O3S.3Ag/c3*1-4-10-16(11-5-1)19(17-12-6-2-7-13-17)18-14-8-3-9-15-18;3*2-1(3,4)8(5,6)7;;;/h3*1-15H;3*(H,5,6,7);;;/q;;;;;;3*+1/p-3. The Morgan fingerprint density at radius 1 is 0.214 bits per heavy atom. The molecule has 9 aromatic rings. The first-order chi connectivity index (χ1) is 38.1. The van der Waals surface area contributed by atoms with Crippen LogP contribution in [0.15, 0.2) is 273 Å². The van der Waals surface area contributed by atoms with Gasteiger partial charge in [-0.25, -0.2) is 25.3 Å². The van der Waals surface area contributed by atoms with E-state index in [1.54, 1.807) is 0 Å². The van der Waals surface area contributed by atoms with Gasteiger partial charge in [-0.1, -0.05) is 273 Å². The van der Waals surface area contributed by atoms with Gasteiger partial charge >= 0.3 is 83.7 Å².